The van der Waals surface area contributed by atoms with E-state index in [4.69, 9.17) is 4.42 Å². The number of hydrogen-bond acceptors (Lipinski definition) is 2. The molecule has 0 saturated heterocycles. The maximum Gasteiger partial charge on any atom is 0.142 e. The number of nitrogens with zero attached hydrogens (tertiary/aromatic N) is 1. The lowest BCUT2D eigenvalue weighted by Crippen LogP contribution is -2.09. The zero-order valence-corrected chi connectivity index (χ0v) is 31.1. The third-order valence-corrected chi connectivity index (χ3v) is 10.1. The second-order valence-corrected chi connectivity index (χ2v) is 13.3. The van der Waals surface area contributed by atoms with Gasteiger partial charge in [-0.1, -0.05) is 134 Å². The lowest BCUT2D eigenvalue weighted by molar-refractivity contribution is 0.578. The molecular formula is C52H43NO. The van der Waals surface area contributed by atoms with Crippen LogP contribution in [-0.4, -0.2) is 0 Å². The monoisotopic (exact) mass is 697 g/mol. The van der Waals surface area contributed by atoms with Crippen LogP contribution in [0.2, 0.25) is 0 Å². The quantitative estimate of drug-likeness (QED) is 0.140. The van der Waals surface area contributed by atoms with E-state index in [2.05, 4.69) is 195 Å². The van der Waals surface area contributed by atoms with Crippen LogP contribution in [0.1, 0.15) is 36.3 Å². The lowest BCUT2D eigenvalue weighted by atomic mass is 9.97. The van der Waals surface area contributed by atoms with Crippen LogP contribution in [-0.2, 0) is 6.42 Å². The number of aryl methyl sites for hydroxylation is 1. The number of anilines is 3. The summed E-state index contributed by atoms with van der Waals surface area (Å²) in [5, 5.41) is 1.14. The second-order valence-electron chi connectivity index (χ2n) is 13.3. The Morgan fingerprint density at radius 2 is 1.15 bits per heavy atom. The van der Waals surface area contributed by atoms with Gasteiger partial charge >= 0.3 is 0 Å². The fourth-order valence-electron chi connectivity index (χ4n) is 7.51. The third-order valence-electron chi connectivity index (χ3n) is 10.1. The van der Waals surface area contributed by atoms with Crippen LogP contribution in [0.3, 0.4) is 0 Å². The summed E-state index contributed by atoms with van der Waals surface area (Å²) >= 11 is 0. The minimum Gasteiger partial charge on any atom is -0.460 e. The Hall–Kier alpha value is -6.82. The predicted molar refractivity (Wildman–Crippen MR) is 232 cm³/mol. The average Bonchev–Trinajstić information content (AvgIpc) is 3.75. The molecule has 1 aliphatic carbocycles. The Labute approximate surface area is 319 Å². The van der Waals surface area contributed by atoms with Crippen LogP contribution in [0.15, 0.2) is 180 Å². The normalized spacial score (nSPS) is 12.2. The van der Waals surface area contributed by atoms with Gasteiger partial charge in [0.1, 0.15) is 11.3 Å². The van der Waals surface area contributed by atoms with Gasteiger partial charge in [-0.15, -0.1) is 12.8 Å². The van der Waals surface area contributed by atoms with Gasteiger partial charge in [-0.2, -0.15) is 0 Å². The molecule has 0 unspecified atom stereocenters. The topological polar surface area (TPSA) is 16.4 Å². The van der Waals surface area contributed by atoms with Gasteiger partial charge in [0.15, 0.2) is 0 Å². The standard InChI is InChI=1S/C50H41NO.C2H2/c1-5-12-45-34(4)52-50-47(16-11-17-48(45)50)39-24-30-44(31-25-39)51(42-26-20-37(21-27-42)36-14-9-8-10-15-36)43-28-22-38(23-29-43)40-18-19-41-32-35(7-3)46(13-6-2)49(41)33-40;1-2/h5-31,33H,3,32H2,1-2,4H3;1-2H/b12-5-,13-6-;. The molecule has 2 nitrogen and oxygen atoms in total. The van der Waals surface area contributed by atoms with Gasteiger partial charge in [-0.05, 0) is 120 Å². The molecule has 8 rings (SSSR count). The Kier molecular flexibility index (Phi) is 10.4. The molecule has 0 atom stereocenters. The van der Waals surface area contributed by atoms with Crippen molar-refractivity contribution in [2.75, 3.05) is 4.90 Å². The Balaban J connectivity index is 0.00000221. The highest BCUT2D eigenvalue weighted by molar-refractivity contribution is 5.98. The minimum absolute atomic E-state index is 0.922. The van der Waals surface area contributed by atoms with Crippen molar-refractivity contribution in [1.29, 1.82) is 0 Å². The number of para-hydroxylation sites is 1. The molecule has 262 valence electrons. The zero-order valence-electron chi connectivity index (χ0n) is 31.1. The molecule has 0 spiro atoms. The van der Waals surface area contributed by atoms with E-state index >= 15 is 0 Å². The van der Waals surface area contributed by atoms with Gasteiger partial charge < -0.3 is 9.32 Å². The number of fused-ring (bicyclic) bond motifs is 2. The van der Waals surface area contributed by atoms with Gasteiger partial charge in [0.2, 0.25) is 0 Å². The summed E-state index contributed by atoms with van der Waals surface area (Å²) in [5.41, 5.74) is 17.5. The zero-order chi connectivity index (χ0) is 37.6. The van der Waals surface area contributed by atoms with Gasteiger partial charge in [0.25, 0.3) is 0 Å². The van der Waals surface area contributed by atoms with E-state index in [0.717, 1.165) is 56.9 Å². The first-order chi connectivity index (χ1) is 26.6. The maximum atomic E-state index is 6.33. The number of terminal acetylenes is 1. The van der Waals surface area contributed by atoms with Crippen molar-refractivity contribution in [3.8, 4) is 46.2 Å². The van der Waals surface area contributed by atoms with E-state index < -0.39 is 0 Å². The Morgan fingerprint density at radius 3 is 1.74 bits per heavy atom. The average molecular weight is 698 g/mol. The van der Waals surface area contributed by atoms with Crippen LogP contribution in [0.4, 0.5) is 17.1 Å². The van der Waals surface area contributed by atoms with Crippen LogP contribution in [0, 0.1) is 19.8 Å². The highest BCUT2D eigenvalue weighted by Gasteiger charge is 2.20. The fraction of sp³-hybridized carbons (Fsp3) is 0.0769. The van der Waals surface area contributed by atoms with Gasteiger partial charge in [-0.25, -0.2) is 0 Å². The maximum absolute atomic E-state index is 6.33. The molecular weight excluding hydrogens is 655 g/mol. The van der Waals surface area contributed by atoms with Crippen molar-refractivity contribution >= 4 is 39.7 Å². The van der Waals surface area contributed by atoms with E-state index in [0.29, 0.717) is 0 Å². The molecule has 0 bridgehead atoms. The molecule has 0 N–H and O–H groups in total. The fourth-order valence-corrected chi connectivity index (χ4v) is 7.51. The Bertz CT molecular complexity index is 2540. The summed E-state index contributed by atoms with van der Waals surface area (Å²) in [5.74, 6) is 0.932. The molecule has 0 amide bonds. The first-order valence-electron chi connectivity index (χ1n) is 18.3. The molecule has 7 aromatic rings. The minimum atomic E-state index is 0.922. The first-order valence-corrected chi connectivity index (χ1v) is 18.3. The summed E-state index contributed by atoms with van der Waals surface area (Å²) in [6.07, 6.45) is 19.4. The highest BCUT2D eigenvalue weighted by Crippen LogP contribution is 2.41. The molecule has 1 heterocycles. The number of allylic oxidation sites excluding steroid dienone is 6. The summed E-state index contributed by atoms with van der Waals surface area (Å²) in [6, 6.07) is 50.4. The third kappa shape index (κ3) is 6.76. The second kappa shape index (κ2) is 15.8. The molecule has 1 aliphatic rings. The van der Waals surface area contributed by atoms with Gasteiger partial charge in [-0.3, -0.25) is 0 Å². The van der Waals surface area contributed by atoms with E-state index in [9.17, 15) is 0 Å². The van der Waals surface area contributed by atoms with Crippen LogP contribution < -0.4 is 4.90 Å². The molecule has 0 radical (unpaired) electrons. The van der Waals surface area contributed by atoms with Crippen LogP contribution in [0.5, 0.6) is 0 Å². The molecule has 0 saturated carbocycles. The first kappa shape index (κ1) is 35.6. The summed E-state index contributed by atoms with van der Waals surface area (Å²) in [6.45, 7) is 10.2. The van der Waals surface area contributed by atoms with Crippen LogP contribution in [0.25, 0.3) is 56.0 Å². The largest absolute Gasteiger partial charge is 0.460 e. The lowest BCUT2D eigenvalue weighted by Gasteiger charge is -2.26. The number of benzene rings is 6. The van der Waals surface area contributed by atoms with E-state index in [1.54, 1.807) is 0 Å². The van der Waals surface area contributed by atoms with E-state index in [1.807, 2.05) is 19.9 Å². The van der Waals surface area contributed by atoms with Gasteiger partial charge in [0, 0.05) is 33.6 Å². The van der Waals surface area contributed by atoms with Crippen molar-refractivity contribution in [3.63, 3.8) is 0 Å². The number of rotatable bonds is 9. The summed E-state index contributed by atoms with van der Waals surface area (Å²) < 4.78 is 6.33. The van der Waals surface area contributed by atoms with Crippen LogP contribution >= 0.6 is 0 Å². The number of hydrogen-bond donors (Lipinski definition) is 0. The van der Waals surface area contributed by atoms with Crippen molar-refractivity contribution < 1.29 is 4.42 Å². The van der Waals surface area contributed by atoms with Gasteiger partial charge in [0.05, 0.1) is 0 Å². The summed E-state index contributed by atoms with van der Waals surface area (Å²) in [7, 11) is 0. The smallest absolute Gasteiger partial charge is 0.142 e. The molecule has 0 aliphatic heterocycles. The van der Waals surface area contributed by atoms with Crippen molar-refractivity contribution in [3.05, 3.63) is 198 Å². The highest BCUT2D eigenvalue weighted by atomic mass is 16.3. The predicted octanol–water partition coefficient (Wildman–Crippen LogP) is 14.6. The molecule has 6 aromatic carbocycles. The summed E-state index contributed by atoms with van der Waals surface area (Å²) in [4.78, 5) is 2.33. The van der Waals surface area contributed by atoms with Crippen molar-refractivity contribution in [2.45, 2.75) is 27.2 Å². The van der Waals surface area contributed by atoms with E-state index in [1.165, 1.54) is 44.5 Å². The molecule has 54 heavy (non-hydrogen) atoms. The van der Waals surface area contributed by atoms with E-state index in [-0.39, 0.29) is 0 Å². The molecule has 0 fully saturated rings. The molecule has 2 heteroatoms. The van der Waals surface area contributed by atoms with Crippen molar-refractivity contribution in [1.82, 2.24) is 0 Å². The Morgan fingerprint density at radius 1 is 0.593 bits per heavy atom. The number of furan rings is 1. The molecule has 1 aromatic heterocycles. The SMILES string of the molecule is C#C.C=CC1=C(/C=C\C)c2cc(-c3ccc(N(c4ccc(-c5ccccc5)cc4)c4ccc(-c5cccc6c(/C=C\C)c(C)oc56)cc4)cc3)ccc2C1. The van der Waals surface area contributed by atoms with Crippen molar-refractivity contribution in [2.24, 2.45) is 0 Å².